The molecule has 1 saturated carbocycles. The van der Waals surface area contributed by atoms with E-state index >= 15 is 0 Å². The normalized spacial score (nSPS) is 15.0. The van der Waals surface area contributed by atoms with Gasteiger partial charge in [0, 0.05) is 16.9 Å². The third kappa shape index (κ3) is 4.41. The number of anilines is 1. The summed E-state index contributed by atoms with van der Waals surface area (Å²) in [5.74, 6) is -1.51. The lowest BCUT2D eigenvalue weighted by Gasteiger charge is -2.19. The molecule has 0 bridgehead atoms. The van der Waals surface area contributed by atoms with Crippen molar-refractivity contribution >= 4 is 39.6 Å². The molecule has 2 aliphatic rings. The van der Waals surface area contributed by atoms with Crippen LogP contribution in [-0.2, 0) is 9.53 Å². The summed E-state index contributed by atoms with van der Waals surface area (Å²) in [6, 6.07) is 20.9. The Morgan fingerprint density at radius 2 is 1.57 bits per heavy atom. The molecule has 2 aliphatic carbocycles. The van der Waals surface area contributed by atoms with E-state index in [1.54, 1.807) is 12.1 Å². The summed E-state index contributed by atoms with van der Waals surface area (Å²) in [4.78, 5) is 37.0. The third-order valence-electron chi connectivity index (χ3n) is 6.73. The SMILES string of the molecule is O=C(NCC1(C(=O)Nc2c(Br)cccc2C(=O)O)CC1)OCC1c2ccccc2-c2ccccc21. The largest absolute Gasteiger partial charge is 0.478 e. The molecule has 0 aromatic heterocycles. The highest BCUT2D eigenvalue weighted by Gasteiger charge is 2.50. The van der Waals surface area contributed by atoms with E-state index in [0.717, 1.165) is 22.3 Å². The van der Waals surface area contributed by atoms with Gasteiger partial charge in [0.25, 0.3) is 0 Å². The molecule has 2 amide bonds. The number of ether oxygens (including phenoxy) is 1. The first kappa shape index (κ1) is 23.1. The molecule has 1 fully saturated rings. The van der Waals surface area contributed by atoms with E-state index in [1.165, 1.54) is 6.07 Å². The van der Waals surface area contributed by atoms with Crippen LogP contribution in [0.15, 0.2) is 71.2 Å². The van der Waals surface area contributed by atoms with E-state index in [0.29, 0.717) is 17.3 Å². The average Bonchev–Trinajstić information content (AvgIpc) is 3.59. The van der Waals surface area contributed by atoms with Crippen molar-refractivity contribution in [3.8, 4) is 11.1 Å². The lowest BCUT2D eigenvalue weighted by Crippen LogP contribution is -2.38. The number of alkyl carbamates (subject to hydrolysis) is 1. The summed E-state index contributed by atoms with van der Waals surface area (Å²) in [6.45, 7) is 0.306. The van der Waals surface area contributed by atoms with E-state index < -0.39 is 17.5 Å². The van der Waals surface area contributed by atoms with Gasteiger partial charge in [-0.15, -0.1) is 0 Å². The summed E-state index contributed by atoms with van der Waals surface area (Å²) in [5.41, 5.74) is 3.98. The Morgan fingerprint density at radius 3 is 2.17 bits per heavy atom. The summed E-state index contributed by atoms with van der Waals surface area (Å²) in [6.07, 6.45) is 0.600. The Morgan fingerprint density at radius 1 is 0.943 bits per heavy atom. The molecular formula is C27H23BrN2O5. The first-order chi connectivity index (χ1) is 16.9. The van der Waals surface area contributed by atoms with Gasteiger partial charge in [0.15, 0.2) is 0 Å². The monoisotopic (exact) mass is 534 g/mol. The maximum absolute atomic E-state index is 13.0. The lowest BCUT2D eigenvalue weighted by molar-refractivity contribution is -0.120. The number of benzene rings is 3. The quantitative estimate of drug-likeness (QED) is 0.376. The zero-order valence-electron chi connectivity index (χ0n) is 18.7. The van der Waals surface area contributed by atoms with Gasteiger partial charge in [-0.25, -0.2) is 9.59 Å². The molecule has 0 atom stereocenters. The molecule has 5 rings (SSSR count). The minimum Gasteiger partial charge on any atom is -0.478 e. The van der Waals surface area contributed by atoms with Crippen molar-refractivity contribution in [2.24, 2.45) is 5.41 Å². The molecule has 0 aliphatic heterocycles. The van der Waals surface area contributed by atoms with Crippen LogP contribution in [0, 0.1) is 5.41 Å². The van der Waals surface area contributed by atoms with E-state index in [9.17, 15) is 19.5 Å². The maximum Gasteiger partial charge on any atom is 0.407 e. The molecule has 3 aromatic rings. The number of amides is 2. The molecule has 0 radical (unpaired) electrons. The molecule has 3 N–H and O–H groups in total. The molecule has 3 aromatic carbocycles. The molecule has 8 heteroatoms. The van der Waals surface area contributed by atoms with Crippen LogP contribution in [0.2, 0.25) is 0 Å². The summed E-state index contributed by atoms with van der Waals surface area (Å²) < 4.78 is 6.04. The first-order valence-electron chi connectivity index (χ1n) is 11.3. The standard InChI is InChI=1S/C27H23BrN2O5/c28-22-11-5-10-20(24(31)32)23(22)30-25(33)27(12-13-27)15-29-26(34)35-14-21-18-8-3-1-6-16(18)17-7-2-4-9-19(17)21/h1-11,21H,12-15H2,(H,29,34)(H,30,33)(H,31,32). The van der Waals surface area contributed by atoms with Crippen LogP contribution in [0.4, 0.5) is 10.5 Å². The zero-order chi connectivity index (χ0) is 24.6. The first-order valence-corrected chi connectivity index (χ1v) is 12.1. The van der Waals surface area contributed by atoms with E-state index in [2.05, 4.69) is 50.8 Å². The predicted molar refractivity (Wildman–Crippen MR) is 134 cm³/mol. The molecule has 0 heterocycles. The van der Waals surface area contributed by atoms with Gasteiger partial charge in [-0.05, 0) is 63.2 Å². The summed E-state index contributed by atoms with van der Waals surface area (Å²) in [7, 11) is 0. The van der Waals surface area contributed by atoms with Crippen molar-refractivity contribution in [1.82, 2.24) is 5.32 Å². The smallest absolute Gasteiger partial charge is 0.407 e. The minimum atomic E-state index is -1.14. The molecule has 0 unspecified atom stereocenters. The zero-order valence-corrected chi connectivity index (χ0v) is 20.3. The topological polar surface area (TPSA) is 105 Å². The van der Waals surface area contributed by atoms with Gasteiger partial charge in [0.05, 0.1) is 16.7 Å². The molecular weight excluding hydrogens is 512 g/mol. The highest BCUT2D eigenvalue weighted by molar-refractivity contribution is 9.10. The number of hydrogen-bond donors (Lipinski definition) is 3. The van der Waals surface area contributed by atoms with Crippen molar-refractivity contribution in [1.29, 1.82) is 0 Å². The number of carboxylic acids is 1. The Balaban J connectivity index is 1.20. The Hall–Kier alpha value is -3.65. The number of carboxylic acid groups (broad SMARTS) is 1. The number of aromatic carboxylic acids is 1. The third-order valence-corrected chi connectivity index (χ3v) is 7.39. The lowest BCUT2D eigenvalue weighted by atomic mass is 9.98. The highest BCUT2D eigenvalue weighted by atomic mass is 79.9. The van der Waals surface area contributed by atoms with Gasteiger partial charge in [-0.2, -0.15) is 0 Å². The van der Waals surface area contributed by atoms with Gasteiger partial charge in [0.2, 0.25) is 5.91 Å². The number of halogens is 1. The molecule has 0 saturated heterocycles. The second-order valence-electron chi connectivity index (χ2n) is 8.88. The van der Waals surface area contributed by atoms with Gasteiger partial charge in [-0.1, -0.05) is 54.6 Å². The fourth-order valence-corrected chi connectivity index (χ4v) is 5.07. The predicted octanol–water partition coefficient (Wildman–Crippen LogP) is 5.40. The van der Waals surface area contributed by atoms with Crippen molar-refractivity contribution in [2.45, 2.75) is 18.8 Å². The van der Waals surface area contributed by atoms with Crippen LogP contribution in [0.25, 0.3) is 11.1 Å². The van der Waals surface area contributed by atoms with Crippen LogP contribution < -0.4 is 10.6 Å². The van der Waals surface area contributed by atoms with Crippen molar-refractivity contribution in [2.75, 3.05) is 18.5 Å². The van der Waals surface area contributed by atoms with Crippen molar-refractivity contribution < 1.29 is 24.2 Å². The van der Waals surface area contributed by atoms with Crippen LogP contribution >= 0.6 is 15.9 Å². The summed E-state index contributed by atoms with van der Waals surface area (Å²) in [5, 5.41) is 14.9. The van der Waals surface area contributed by atoms with Gasteiger partial charge < -0.3 is 20.5 Å². The van der Waals surface area contributed by atoms with Gasteiger partial charge >= 0.3 is 12.1 Å². The fraction of sp³-hybridized carbons (Fsp3) is 0.222. The second-order valence-corrected chi connectivity index (χ2v) is 9.74. The van der Waals surface area contributed by atoms with E-state index in [4.69, 9.17) is 4.74 Å². The number of para-hydroxylation sites is 1. The molecule has 35 heavy (non-hydrogen) atoms. The number of nitrogens with one attached hydrogen (secondary N) is 2. The number of rotatable bonds is 7. The Labute approximate surface area is 210 Å². The second kappa shape index (κ2) is 9.19. The maximum atomic E-state index is 13.0. The number of hydrogen-bond acceptors (Lipinski definition) is 4. The fourth-order valence-electron chi connectivity index (χ4n) is 4.60. The number of carbonyl (C=O) groups is 3. The average molecular weight is 535 g/mol. The molecule has 0 spiro atoms. The van der Waals surface area contributed by atoms with E-state index in [-0.39, 0.29) is 36.2 Å². The van der Waals surface area contributed by atoms with E-state index in [1.807, 2.05) is 24.3 Å². The van der Waals surface area contributed by atoms with Crippen molar-refractivity contribution in [3.05, 3.63) is 87.9 Å². The summed E-state index contributed by atoms with van der Waals surface area (Å²) >= 11 is 3.30. The number of carbonyl (C=O) groups excluding carboxylic acids is 2. The molecule has 178 valence electrons. The van der Waals surface area contributed by atoms with Crippen LogP contribution in [0.1, 0.15) is 40.2 Å². The Bertz CT molecular complexity index is 1290. The van der Waals surface area contributed by atoms with Gasteiger partial charge in [-0.3, -0.25) is 4.79 Å². The van der Waals surface area contributed by atoms with Crippen LogP contribution in [0.5, 0.6) is 0 Å². The van der Waals surface area contributed by atoms with Crippen LogP contribution in [0.3, 0.4) is 0 Å². The van der Waals surface area contributed by atoms with Crippen LogP contribution in [-0.4, -0.2) is 36.2 Å². The van der Waals surface area contributed by atoms with Crippen molar-refractivity contribution in [3.63, 3.8) is 0 Å². The minimum absolute atomic E-state index is 0.00646. The molecule has 7 nitrogen and oxygen atoms in total. The number of fused-ring (bicyclic) bond motifs is 3. The highest BCUT2D eigenvalue weighted by Crippen LogP contribution is 2.47. The van der Waals surface area contributed by atoms with Gasteiger partial charge in [0.1, 0.15) is 6.61 Å². The Kier molecular flexibility index (Phi) is 6.06.